The molecule has 0 aromatic carbocycles. The van der Waals surface area contributed by atoms with Crippen molar-refractivity contribution in [1.29, 1.82) is 0 Å². The van der Waals surface area contributed by atoms with Crippen LogP contribution in [0.3, 0.4) is 0 Å². The number of nitrogens with one attached hydrogen (secondary N) is 1. The van der Waals surface area contributed by atoms with Crippen molar-refractivity contribution in [3.63, 3.8) is 0 Å². The zero-order chi connectivity index (χ0) is 16.5. The van der Waals surface area contributed by atoms with Crippen LogP contribution in [0.2, 0.25) is 0 Å². The van der Waals surface area contributed by atoms with E-state index in [2.05, 4.69) is 68.6 Å². The van der Waals surface area contributed by atoms with Gasteiger partial charge in [0.1, 0.15) is 5.82 Å². The highest BCUT2D eigenvalue weighted by Crippen LogP contribution is 2.37. The minimum Gasteiger partial charge on any atom is -0.263 e. The van der Waals surface area contributed by atoms with E-state index in [-0.39, 0.29) is 5.41 Å². The van der Waals surface area contributed by atoms with Gasteiger partial charge in [0.2, 0.25) is 0 Å². The Bertz CT molecular complexity index is 610. The molecular weight excluding hydrogens is 292 g/mol. The lowest BCUT2D eigenvalue weighted by Crippen LogP contribution is -2.20. The highest BCUT2D eigenvalue weighted by Gasteiger charge is 2.29. The second-order valence-electron chi connectivity index (χ2n) is 7.45. The Labute approximate surface area is 137 Å². The molecule has 1 atom stereocenters. The van der Waals surface area contributed by atoms with Crippen molar-refractivity contribution in [1.82, 2.24) is 20.2 Å². The standard InChI is InChI=1S/C17H28N4S/c1-10(2)13-9-18-16(22-13)17(6,7)8-12(5)15-19-14(11(3)4)20-21-15/h9-12H,8H2,1-7H3,(H,19,20,21). The van der Waals surface area contributed by atoms with Crippen LogP contribution in [0.15, 0.2) is 6.20 Å². The Morgan fingerprint density at radius 1 is 1.14 bits per heavy atom. The first-order valence-electron chi connectivity index (χ1n) is 8.09. The maximum Gasteiger partial charge on any atom is 0.153 e. The zero-order valence-corrected chi connectivity index (χ0v) is 15.6. The van der Waals surface area contributed by atoms with Gasteiger partial charge in [-0.25, -0.2) is 9.97 Å². The molecule has 1 N–H and O–H groups in total. The van der Waals surface area contributed by atoms with Crippen molar-refractivity contribution in [3.8, 4) is 0 Å². The molecule has 0 saturated heterocycles. The fourth-order valence-electron chi connectivity index (χ4n) is 2.58. The molecule has 5 heteroatoms. The maximum atomic E-state index is 4.66. The van der Waals surface area contributed by atoms with Gasteiger partial charge in [-0.3, -0.25) is 5.10 Å². The number of H-pyrrole nitrogens is 1. The maximum absolute atomic E-state index is 4.66. The zero-order valence-electron chi connectivity index (χ0n) is 14.8. The molecule has 4 nitrogen and oxygen atoms in total. The van der Waals surface area contributed by atoms with Crippen molar-refractivity contribution < 1.29 is 0 Å². The highest BCUT2D eigenvalue weighted by atomic mass is 32.1. The summed E-state index contributed by atoms with van der Waals surface area (Å²) in [6.45, 7) is 15.4. The van der Waals surface area contributed by atoms with Crippen LogP contribution in [0.1, 0.15) is 94.2 Å². The molecule has 0 aliphatic rings. The average molecular weight is 321 g/mol. The lowest BCUT2D eigenvalue weighted by molar-refractivity contribution is 0.427. The number of thiazole rings is 1. The van der Waals surface area contributed by atoms with Crippen LogP contribution in [-0.4, -0.2) is 20.2 Å². The van der Waals surface area contributed by atoms with E-state index < -0.39 is 0 Å². The summed E-state index contributed by atoms with van der Waals surface area (Å²) >= 11 is 1.84. The monoisotopic (exact) mass is 320 g/mol. The summed E-state index contributed by atoms with van der Waals surface area (Å²) in [6.07, 6.45) is 3.03. The molecule has 2 rings (SSSR count). The number of hydrogen-bond donors (Lipinski definition) is 1. The summed E-state index contributed by atoms with van der Waals surface area (Å²) in [4.78, 5) is 10.7. The first kappa shape index (κ1) is 17.1. The van der Waals surface area contributed by atoms with E-state index in [4.69, 9.17) is 0 Å². The number of aromatic amines is 1. The Balaban J connectivity index is 2.12. The predicted molar refractivity (Wildman–Crippen MR) is 92.7 cm³/mol. The summed E-state index contributed by atoms with van der Waals surface area (Å²) in [5.41, 5.74) is 0.0437. The van der Waals surface area contributed by atoms with Gasteiger partial charge in [0, 0.05) is 28.3 Å². The second kappa shape index (κ2) is 6.49. The summed E-state index contributed by atoms with van der Waals surface area (Å²) in [7, 11) is 0. The lowest BCUT2D eigenvalue weighted by atomic mass is 9.83. The smallest absolute Gasteiger partial charge is 0.153 e. The second-order valence-corrected chi connectivity index (χ2v) is 8.51. The first-order valence-corrected chi connectivity index (χ1v) is 8.90. The third kappa shape index (κ3) is 3.75. The minimum atomic E-state index is 0.0437. The molecule has 0 radical (unpaired) electrons. The Morgan fingerprint density at radius 3 is 2.32 bits per heavy atom. The molecule has 0 aliphatic carbocycles. The number of rotatable bonds is 6. The largest absolute Gasteiger partial charge is 0.263 e. The molecule has 0 spiro atoms. The third-order valence-electron chi connectivity index (χ3n) is 3.99. The van der Waals surface area contributed by atoms with Crippen molar-refractivity contribution in [2.75, 3.05) is 0 Å². The topological polar surface area (TPSA) is 54.5 Å². The lowest BCUT2D eigenvalue weighted by Gasteiger charge is -2.25. The van der Waals surface area contributed by atoms with Crippen LogP contribution in [0.5, 0.6) is 0 Å². The fourth-order valence-corrected chi connectivity index (χ4v) is 3.61. The minimum absolute atomic E-state index is 0.0437. The van der Waals surface area contributed by atoms with Gasteiger partial charge in [-0.15, -0.1) is 11.3 Å². The van der Waals surface area contributed by atoms with Gasteiger partial charge in [0.05, 0.1) is 5.01 Å². The van der Waals surface area contributed by atoms with Gasteiger partial charge in [0.25, 0.3) is 0 Å². The van der Waals surface area contributed by atoms with E-state index in [1.165, 1.54) is 9.88 Å². The van der Waals surface area contributed by atoms with Crippen molar-refractivity contribution in [3.05, 3.63) is 27.7 Å². The van der Waals surface area contributed by atoms with E-state index in [0.717, 1.165) is 18.1 Å². The van der Waals surface area contributed by atoms with E-state index in [1.54, 1.807) is 0 Å². The number of aromatic nitrogens is 4. The number of nitrogens with zero attached hydrogens (tertiary/aromatic N) is 3. The van der Waals surface area contributed by atoms with Gasteiger partial charge in [-0.05, 0) is 12.3 Å². The SMILES string of the molecule is CC(C)c1n[nH]c(C(C)CC(C)(C)c2ncc(C(C)C)s2)n1. The molecule has 2 aromatic rings. The van der Waals surface area contributed by atoms with Gasteiger partial charge in [0.15, 0.2) is 5.82 Å². The van der Waals surface area contributed by atoms with Crippen LogP contribution in [-0.2, 0) is 5.41 Å². The average Bonchev–Trinajstić information content (AvgIpc) is 3.08. The molecule has 122 valence electrons. The van der Waals surface area contributed by atoms with Crippen LogP contribution in [0.4, 0.5) is 0 Å². The van der Waals surface area contributed by atoms with Crippen molar-refractivity contribution in [2.45, 2.75) is 78.1 Å². The molecular formula is C17H28N4S. The van der Waals surface area contributed by atoms with E-state index in [1.807, 2.05) is 17.5 Å². The van der Waals surface area contributed by atoms with Gasteiger partial charge in [-0.1, -0.05) is 48.5 Å². The number of hydrogen-bond acceptors (Lipinski definition) is 4. The Morgan fingerprint density at radius 2 is 1.82 bits per heavy atom. The molecule has 2 heterocycles. The predicted octanol–water partition coefficient (Wildman–Crippen LogP) is 4.98. The summed E-state index contributed by atoms with van der Waals surface area (Å²) in [5.74, 6) is 3.12. The van der Waals surface area contributed by atoms with E-state index >= 15 is 0 Å². The Hall–Kier alpha value is -1.23. The molecule has 0 saturated carbocycles. The summed E-state index contributed by atoms with van der Waals surface area (Å²) in [6, 6.07) is 0. The van der Waals surface area contributed by atoms with Crippen molar-refractivity contribution >= 4 is 11.3 Å². The van der Waals surface area contributed by atoms with Crippen LogP contribution < -0.4 is 0 Å². The Kier molecular flexibility index (Phi) is 5.05. The first-order chi connectivity index (χ1) is 10.2. The molecule has 0 aliphatic heterocycles. The molecule has 2 aromatic heterocycles. The molecule has 22 heavy (non-hydrogen) atoms. The fraction of sp³-hybridized carbons (Fsp3) is 0.706. The quantitative estimate of drug-likeness (QED) is 0.816. The summed E-state index contributed by atoms with van der Waals surface area (Å²) < 4.78 is 0. The van der Waals surface area contributed by atoms with E-state index in [0.29, 0.717) is 17.8 Å². The normalized spacial score (nSPS) is 14.0. The highest BCUT2D eigenvalue weighted by molar-refractivity contribution is 7.11. The van der Waals surface area contributed by atoms with Gasteiger partial charge >= 0.3 is 0 Å². The van der Waals surface area contributed by atoms with Crippen molar-refractivity contribution in [2.24, 2.45) is 0 Å². The van der Waals surface area contributed by atoms with Crippen LogP contribution in [0.25, 0.3) is 0 Å². The molecule has 0 amide bonds. The molecule has 0 fully saturated rings. The van der Waals surface area contributed by atoms with E-state index in [9.17, 15) is 0 Å². The molecule has 0 bridgehead atoms. The molecule has 1 unspecified atom stereocenters. The van der Waals surface area contributed by atoms with Gasteiger partial charge < -0.3 is 0 Å². The van der Waals surface area contributed by atoms with Gasteiger partial charge in [-0.2, -0.15) is 5.10 Å². The third-order valence-corrected chi connectivity index (χ3v) is 5.66. The van der Waals surface area contributed by atoms with Crippen LogP contribution >= 0.6 is 11.3 Å². The summed E-state index contributed by atoms with van der Waals surface area (Å²) in [5, 5.41) is 8.64. The van der Waals surface area contributed by atoms with Crippen LogP contribution in [0, 0.1) is 0 Å².